The van der Waals surface area contributed by atoms with Crippen LogP contribution in [0.25, 0.3) is 0 Å². The number of aliphatic hydroxyl groups is 1. The Morgan fingerprint density at radius 3 is 2.93 bits per heavy atom. The molecule has 1 rings (SSSR count). The third-order valence-corrected chi connectivity index (χ3v) is 2.06. The zero-order valence-electron chi connectivity index (χ0n) is 8.43. The van der Waals surface area contributed by atoms with E-state index in [4.69, 9.17) is 0 Å². The van der Waals surface area contributed by atoms with Crippen molar-refractivity contribution in [1.29, 1.82) is 0 Å². The summed E-state index contributed by atoms with van der Waals surface area (Å²) in [5.74, 6) is -0.225. The van der Waals surface area contributed by atoms with Crippen molar-refractivity contribution in [2.24, 2.45) is 0 Å². The minimum absolute atomic E-state index is 0.225. The van der Waals surface area contributed by atoms with Gasteiger partial charge in [0, 0.05) is 18.9 Å². The highest BCUT2D eigenvalue weighted by molar-refractivity contribution is 5.68. The highest BCUT2D eigenvalue weighted by Crippen LogP contribution is 2.11. The van der Waals surface area contributed by atoms with E-state index in [0.29, 0.717) is 13.0 Å². The summed E-state index contributed by atoms with van der Waals surface area (Å²) in [6.45, 7) is 2.29. The van der Waals surface area contributed by atoms with Crippen molar-refractivity contribution in [3.05, 3.63) is 24.0 Å². The first-order chi connectivity index (χ1) is 6.63. The number of nitrogens with zero attached hydrogens (tertiary/aromatic N) is 1. The Kier molecular flexibility index (Phi) is 3.71. The Bertz CT molecular complexity index is 304. The molecule has 1 aromatic rings. The van der Waals surface area contributed by atoms with Gasteiger partial charge in [0.15, 0.2) is 0 Å². The molecule has 1 heterocycles. The van der Waals surface area contributed by atoms with E-state index in [-0.39, 0.29) is 5.97 Å². The molecule has 4 nitrogen and oxygen atoms in total. The van der Waals surface area contributed by atoms with Crippen molar-refractivity contribution >= 4 is 5.97 Å². The lowest BCUT2D eigenvalue weighted by Crippen LogP contribution is -2.05. The number of carbonyl (C=O) groups is 1. The molecule has 0 saturated carbocycles. The molecule has 0 fully saturated rings. The predicted molar refractivity (Wildman–Crippen MR) is 51.7 cm³/mol. The normalized spacial score (nSPS) is 12.5. The molecule has 1 N–H and O–H groups in total. The van der Waals surface area contributed by atoms with Crippen molar-refractivity contribution in [2.45, 2.75) is 26.0 Å². The van der Waals surface area contributed by atoms with Crippen LogP contribution in [0.1, 0.15) is 25.0 Å². The van der Waals surface area contributed by atoms with Gasteiger partial charge in [-0.3, -0.25) is 4.79 Å². The molecule has 0 spiro atoms. The first-order valence-corrected chi connectivity index (χ1v) is 4.54. The van der Waals surface area contributed by atoms with Crippen LogP contribution in [-0.2, 0) is 16.1 Å². The highest BCUT2D eigenvalue weighted by atomic mass is 16.5. The third kappa shape index (κ3) is 2.88. The van der Waals surface area contributed by atoms with E-state index >= 15 is 0 Å². The van der Waals surface area contributed by atoms with Gasteiger partial charge >= 0.3 is 5.97 Å². The van der Waals surface area contributed by atoms with E-state index in [2.05, 4.69) is 4.74 Å². The van der Waals surface area contributed by atoms with Crippen molar-refractivity contribution in [3.63, 3.8) is 0 Å². The molecule has 1 atom stereocenters. The van der Waals surface area contributed by atoms with Crippen LogP contribution in [-0.4, -0.2) is 22.8 Å². The van der Waals surface area contributed by atoms with Gasteiger partial charge in [0.25, 0.3) is 0 Å². The second kappa shape index (κ2) is 4.81. The zero-order chi connectivity index (χ0) is 10.6. The third-order valence-electron chi connectivity index (χ3n) is 2.06. The highest BCUT2D eigenvalue weighted by Gasteiger charge is 2.04. The van der Waals surface area contributed by atoms with Gasteiger partial charge in [-0.05, 0) is 18.6 Å². The molecule has 0 bridgehead atoms. The van der Waals surface area contributed by atoms with Crippen molar-refractivity contribution in [1.82, 2.24) is 4.57 Å². The van der Waals surface area contributed by atoms with Crippen LogP contribution in [0.3, 0.4) is 0 Å². The van der Waals surface area contributed by atoms with Gasteiger partial charge in [-0.15, -0.1) is 0 Å². The molecule has 78 valence electrons. The summed E-state index contributed by atoms with van der Waals surface area (Å²) in [6, 6.07) is 1.84. The fourth-order valence-corrected chi connectivity index (χ4v) is 1.17. The van der Waals surface area contributed by atoms with Crippen LogP contribution in [0.15, 0.2) is 18.5 Å². The number of esters is 1. The average molecular weight is 197 g/mol. The minimum atomic E-state index is -0.464. The smallest absolute Gasteiger partial charge is 0.307 e. The molecule has 0 aliphatic rings. The number of aromatic nitrogens is 1. The fourth-order valence-electron chi connectivity index (χ4n) is 1.17. The molecular weight excluding hydrogens is 182 g/mol. The fraction of sp³-hybridized carbons (Fsp3) is 0.500. The van der Waals surface area contributed by atoms with Crippen LogP contribution in [0.2, 0.25) is 0 Å². The zero-order valence-corrected chi connectivity index (χ0v) is 8.43. The molecule has 4 heteroatoms. The Balaban J connectivity index is 2.48. The van der Waals surface area contributed by atoms with Gasteiger partial charge in [0.2, 0.25) is 0 Å². The number of carbonyl (C=O) groups excluding carboxylic acids is 1. The van der Waals surface area contributed by atoms with Gasteiger partial charge in [0.05, 0.1) is 19.6 Å². The Morgan fingerprint density at radius 1 is 1.71 bits per heavy atom. The van der Waals surface area contributed by atoms with Crippen LogP contribution in [0.5, 0.6) is 0 Å². The van der Waals surface area contributed by atoms with E-state index in [1.807, 2.05) is 23.0 Å². The second-order valence-corrected chi connectivity index (χ2v) is 3.18. The van der Waals surface area contributed by atoms with E-state index < -0.39 is 6.10 Å². The summed E-state index contributed by atoms with van der Waals surface area (Å²) in [6.07, 6.45) is 3.55. The standard InChI is InChI=1S/C10H15NO3/c1-8(12)9-3-5-11(7-9)6-4-10(13)14-2/h3,5,7-8,12H,4,6H2,1-2H3. The van der Waals surface area contributed by atoms with E-state index in [0.717, 1.165) is 5.56 Å². The predicted octanol–water partition coefficient (Wildman–Crippen LogP) is 1.10. The van der Waals surface area contributed by atoms with Crippen LogP contribution in [0, 0.1) is 0 Å². The Labute approximate surface area is 83.1 Å². The lowest BCUT2D eigenvalue weighted by Gasteiger charge is -2.02. The van der Waals surface area contributed by atoms with E-state index in [1.54, 1.807) is 6.92 Å². The van der Waals surface area contributed by atoms with Crippen molar-refractivity contribution < 1.29 is 14.6 Å². The molecular formula is C10H15NO3. The molecule has 0 amide bonds. The maximum absolute atomic E-state index is 10.8. The Hall–Kier alpha value is -1.29. The summed E-state index contributed by atoms with van der Waals surface area (Å²) < 4.78 is 6.38. The maximum Gasteiger partial charge on any atom is 0.307 e. The number of aliphatic hydroxyl groups excluding tert-OH is 1. The summed E-state index contributed by atoms with van der Waals surface area (Å²) in [7, 11) is 1.37. The van der Waals surface area contributed by atoms with Gasteiger partial charge in [-0.25, -0.2) is 0 Å². The number of aryl methyl sites for hydroxylation is 1. The SMILES string of the molecule is COC(=O)CCn1ccc(C(C)O)c1. The summed E-state index contributed by atoms with van der Waals surface area (Å²) in [5.41, 5.74) is 0.856. The molecule has 1 unspecified atom stereocenters. The van der Waals surface area contributed by atoms with Gasteiger partial charge in [-0.2, -0.15) is 0 Å². The molecule has 0 saturated heterocycles. The molecule has 0 aromatic carbocycles. The molecule has 0 aliphatic carbocycles. The van der Waals surface area contributed by atoms with E-state index in [1.165, 1.54) is 7.11 Å². The first kappa shape index (κ1) is 10.8. The first-order valence-electron chi connectivity index (χ1n) is 4.54. The number of ether oxygens (including phenoxy) is 1. The van der Waals surface area contributed by atoms with Crippen LogP contribution >= 0.6 is 0 Å². The number of hydrogen-bond acceptors (Lipinski definition) is 3. The largest absolute Gasteiger partial charge is 0.469 e. The quantitative estimate of drug-likeness (QED) is 0.735. The number of hydrogen-bond donors (Lipinski definition) is 1. The van der Waals surface area contributed by atoms with Crippen LogP contribution in [0.4, 0.5) is 0 Å². The summed E-state index contributed by atoms with van der Waals surface area (Å²) in [5, 5.41) is 9.26. The number of methoxy groups -OCH3 is 1. The summed E-state index contributed by atoms with van der Waals surface area (Å²) >= 11 is 0. The topological polar surface area (TPSA) is 51.5 Å². The van der Waals surface area contributed by atoms with Crippen molar-refractivity contribution in [2.75, 3.05) is 7.11 Å². The van der Waals surface area contributed by atoms with Gasteiger partial charge in [-0.1, -0.05) is 0 Å². The number of rotatable bonds is 4. The molecule has 0 aliphatic heterocycles. The van der Waals surface area contributed by atoms with Crippen LogP contribution < -0.4 is 0 Å². The Morgan fingerprint density at radius 2 is 2.43 bits per heavy atom. The van der Waals surface area contributed by atoms with Crippen molar-refractivity contribution in [3.8, 4) is 0 Å². The maximum atomic E-state index is 10.8. The lowest BCUT2D eigenvalue weighted by molar-refractivity contribution is -0.140. The molecule has 14 heavy (non-hydrogen) atoms. The van der Waals surface area contributed by atoms with E-state index in [9.17, 15) is 9.90 Å². The monoisotopic (exact) mass is 197 g/mol. The van der Waals surface area contributed by atoms with Gasteiger partial charge < -0.3 is 14.4 Å². The minimum Gasteiger partial charge on any atom is -0.469 e. The second-order valence-electron chi connectivity index (χ2n) is 3.18. The summed E-state index contributed by atoms with van der Waals surface area (Å²) in [4.78, 5) is 10.8. The molecule has 0 radical (unpaired) electrons. The molecule has 1 aromatic heterocycles. The lowest BCUT2D eigenvalue weighted by atomic mass is 10.2. The van der Waals surface area contributed by atoms with Gasteiger partial charge in [0.1, 0.15) is 0 Å². The average Bonchev–Trinajstić information content (AvgIpc) is 2.62.